The standard InChI is InChI=1S/C27H20Cl2FN3O6/c1-14-23(27(37)38-2)24(34)22(33(14)19-5-3-17(30)4-6-19)12-20-7-8-21(39-20)13-31-25(35)26(36)32-18-10-15(28)9-16(29)11-18/h3-12H,13H2,1-2H3,(H,31,35)(H,32,36)/b22-12+. The van der Waals surface area contributed by atoms with Crippen LogP contribution in [0.5, 0.6) is 0 Å². The average Bonchev–Trinajstić information content (AvgIpc) is 3.43. The SMILES string of the molecule is COC(=O)C1=C(C)N(c2ccc(F)cc2)/C(=C/c2ccc(CNC(=O)C(=O)Nc3cc(Cl)cc(Cl)c3)o2)C1=O. The van der Waals surface area contributed by atoms with Crippen LogP contribution in [0.15, 0.2) is 76.0 Å². The molecule has 0 saturated heterocycles. The number of hydrogen-bond donors (Lipinski definition) is 2. The third kappa shape index (κ3) is 6.19. The summed E-state index contributed by atoms with van der Waals surface area (Å²) in [5.74, 6) is -3.24. The third-order valence-corrected chi connectivity index (χ3v) is 6.02. The van der Waals surface area contributed by atoms with Gasteiger partial charge in [-0.15, -0.1) is 0 Å². The van der Waals surface area contributed by atoms with Gasteiger partial charge in [-0.1, -0.05) is 23.2 Å². The number of nitrogens with one attached hydrogen (secondary N) is 2. The van der Waals surface area contributed by atoms with Gasteiger partial charge in [0.1, 0.15) is 22.9 Å². The molecule has 0 spiro atoms. The molecule has 3 aromatic rings. The van der Waals surface area contributed by atoms with Crippen molar-refractivity contribution in [3.05, 3.63) is 98.9 Å². The number of rotatable bonds is 6. The van der Waals surface area contributed by atoms with Crippen molar-refractivity contribution >= 4 is 64.2 Å². The van der Waals surface area contributed by atoms with Crippen molar-refractivity contribution in [2.45, 2.75) is 13.5 Å². The molecule has 4 rings (SSSR count). The van der Waals surface area contributed by atoms with Crippen molar-refractivity contribution in [3.63, 3.8) is 0 Å². The highest BCUT2D eigenvalue weighted by Gasteiger charge is 2.38. The van der Waals surface area contributed by atoms with Gasteiger partial charge in [-0.3, -0.25) is 14.4 Å². The Hall–Kier alpha value is -4.41. The molecule has 2 heterocycles. The minimum absolute atomic E-state index is 0.0732. The van der Waals surface area contributed by atoms with E-state index in [-0.39, 0.29) is 35.0 Å². The highest BCUT2D eigenvalue weighted by atomic mass is 35.5. The Kier molecular flexibility index (Phi) is 8.18. The van der Waals surface area contributed by atoms with Crippen molar-refractivity contribution in [1.82, 2.24) is 5.32 Å². The molecule has 9 nitrogen and oxygen atoms in total. The highest BCUT2D eigenvalue weighted by Crippen LogP contribution is 2.36. The minimum Gasteiger partial charge on any atom is -0.465 e. The van der Waals surface area contributed by atoms with Crippen molar-refractivity contribution in [2.24, 2.45) is 0 Å². The monoisotopic (exact) mass is 571 g/mol. The molecule has 2 aromatic carbocycles. The number of allylic oxidation sites excluding steroid dienone is 2. The number of benzene rings is 2. The number of nitrogens with zero attached hydrogens (tertiary/aromatic N) is 1. The van der Waals surface area contributed by atoms with Gasteiger partial charge in [-0.2, -0.15) is 0 Å². The molecule has 12 heteroatoms. The maximum absolute atomic E-state index is 13.5. The van der Waals surface area contributed by atoms with Gasteiger partial charge in [0, 0.05) is 33.2 Å². The zero-order chi connectivity index (χ0) is 28.3. The number of anilines is 2. The molecule has 2 N–H and O–H groups in total. The van der Waals surface area contributed by atoms with E-state index >= 15 is 0 Å². The van der Waals surface area contributed by atoms with E-state index in [4.69, 9.17) is 32.4 Å². The van der Waals surface area contributed by atoms with Gasteiger partial charge in [-0.05, 0) is 61.5 Å². The predicted octanol–water partition coefficient (Wildman–Crippen LogP) is 4.86. The molecular formula is C27H20Cl2FN3O6. The number of ketones is 1. The molecule has 39 heavy (non-hydrogen) atoms. The summed E-state index contributed by atoms with van der Waals surface area (Å²) in [7, 11) is 1.16. The molecule has 0 fully saturated rings. The summed E-state index contributed by atoms with van der Waals surface area (Å²) >= 11 is 11.8. The molecule has 0 bridgehead atoms. The fourth-order valence-electron chi connectivity index (χ4n) is 3.85. The quantitative estimate of drug-likeness (QED) is 0.188. The zero-order valence-electron chi connectivity index (χ0n) is 20.5. The number of esters is 1. The highest BCUT2D eigenvalue weighted by molar-refractivity contribution is 6.40. The number of methoxy groups -OCH3 is 1. The molecule has 0 unspecified atom stereocenters. The maximum atomic E-state index is 13.5. The molecule has 1 aliphatic heterocycles. The topological polar surface area (TPSA) is 118 Å². The van der Waals surface area contributed by atoms with Crippen LogP contribution in [0.2, 0.25) is 10.0 Å². The summed E-state index contributed by atoms with van der Waals surface area (Å²) in [4.78, 5) is 51.4. The van der Waals surface area contributed by atoms with E-state index < -0.39 is 29.4 Å². The summed E-state index contributed by atoms with van der Waals surface area (Å²) in [6.07, 6.45) is 1.41. The van der Waals surface area contributed by atoms with Gasteiger partial charge in [0.2, 0.25) is 5.78 Å². The summed E-state index contributed by atoms with van der Waals surface area (Å²) in [6.45, 7) is 1.44. The van der Waals surface area contributed by atoms with Crippen LogP contribution < -0.4 is 15.5 Å². The van der Waals surface area contributed by atoms with E-state index in [1.54, 1.807) is 19.1 Å². The predicted molar refractivity (Wildman–Crippen MR) is 142 cm³/mol. The van der Waals surface area contributed by atoms with Crippen LogP contribution in [-0.2, 0) is 30.5 Å². The number of ether oxygens (including phenoxy) is 1. The van der Waals surface area contributed by atoms with Crippen LogP contribution in [0.4, 0.5) is 15.8 Å². The summed E-state index contributed by atoms with van der Waals surface area (Å²) in [5.41, 5.74) is 0.902. The maximum Gasteiger partial charge on any atom is 0.343 e. The fraction of sp³-hybridized carbons (Fsp3) is 0.111. The van der Waals surface area contributed by atoms with E-state index in [9.17, 15) is 23.6 Å². The zero-order valence-corrected chi connectivity index (χ0v) is 22.0. The van der Waals surface area contributed by atoms with Crippen LogP contribution in [0.1, 0.15) is 18.4 Å². The molecule has 1 aliphatic rings. The summed E-state index contributed by atoms with van der Waals surface area (Å²) in [5, 5.41) is 5.40. The largest absolute Gasteiger partial charge is 0.465 e. The Balaban J connectivity index is 1.50. The lowest BCUT2D eigenvalue weighted by atomic mass is 10.1. The van der Waals surface area contributed by atoms with Gasteiger partial charge in [-0.25, -0.2) is 9.18 Å². The van der Waals surface area contributed by atoms with Crippen LogP contribution in [-0.4, -0.2) is 30.7 Å². The first-order chi connectivity index (χ1) is 18.6. The van der Waals surface area contributed by atoms with E-state index in [0.717, 1.165) is 7.11 Å². The lowest BCUT2D eigenvalue weighted by molar-refractivity contribution is -0.137. The number of hydrogen-bond acceptors (Lipinski definition) is 7. The lowest BCUT2D eigenvalue weighted by Crippen LogP contribution is -2.34. The first-order valence-electron chi connectivity index (χ1n) is 11.3. The van der Waals surface area contributed by atoms with Crippen LogP contribution in [0.25, 0.3) is 6.08 Å². The number of Topliss-reactive ketones (excluding diaryl/α,β-unsaturated/α-hetero) is 1. The van der Waals surface area contributed by atoms with Gasteiger partial charge < -0.3 is 24.7 Å². The normalized spacial score (nSPS) is 14.1. The van der Waals surface area contributed by atoms with Crippen LogP contribution in [0.3, 0.4) is 0 Å². The number of halogens is 3. The summed E-state index contributed by atoms with van der Waals surface area (Å²) in [6, 6.07) is 12.8. The van der Waals surface area contributed by atoms with Gasteiger partial charge in [0.15, 0.2) is 0 Å². The lowest BCUT2D eigenvalue weighted by Gasteiger charge is -2.21. The Bertz CT molecular complexity index is 1520. The molecule has 2 amide bonds. The Labute approximate surface area is 231 Å². The van der Waals surface area contributed by atoms with E-state index in [0.29, 0.717) is 21.4 Å². The number of carbonyl (C=O) groups excluding carboxylic acids is 4. The first-order valence-corrected chi connectivity index (χ1v) is 12.1. The van der Waals surface area contributed by atoms with Crippen molar-refractivity contribution < 1.29 is 32.7 Å². The third-order valence-electron chi connectivity index (χ3n) is 5.58. The molecule has 200 valence electrons. The number of carbonyl (C=O) groups is 4. The van der Waals surface area contributed by atoms with E-state index in [1.165, 1.54) is 53.4 Å². The van der Waals surface area contributed by atoms with Gasteiger partial charge in [0.05, 0.1) is 19.4 Å². The second-order valence-corrected chi connectivity index (χ2v) is 9.09. The summed E-state index contributed by atoms with van der Waals surface area (Å²) < 4.78 is 24.0. The average molecular weight is 572 g/mol. The second kappa shape index (κ2) is 11.5. The molecule has 0 atom stereocenters. The molecule has 0 radical (unpaired) electrons. The Morgan fingerprint density at radius 3 is 2.33 bits per heavy atom. The fourth-order valence-corrected chi connectivity index (χ4v) is 4.37. The number of furan rings is 1. The Morgan fingerprint density at radius 1 is 1.03 bits per heavy atom. The van der Waals surface area contributed by atoms with Crippen molar-refractivity contribution in [2.75, 3.05) is 17.3 Å². The second-order valence-electron chi connectivity index (χ2n) is 8.22. The molecular weight excluding hydrogens is 552 g/mol. The van der Waals surface area contributed by atoms with Crippen molar-refractivity contribution in [1.29, 1.82) is 0 Å². The first kappa shape index (κ1) is 27.6. The van der Waals surface area contributed by atoms with E-state index in [2.05, 4.69) is 10.6 Å². The Morgan fingerprint density at radius 2 is 1.69 bits per heavy atom. The van der Waals surface area contributed by atoms with E-state index in [1.807, 2.05) is 0 Å². The van der Waals surface area contributed by atoms with Gasteiger partial charge >= 0.3 is 17.8 Å². The van der Waals surface area contributed by atoms with Crippen molar-refractivity contribution in [3.8, 4) is 0 Å². The molecule has 0 aliphatic carbocycles. The smallest absolute Gasteiger partial charge is 0.343 e. The number of amides is 2. The minimum atomic E-state index is -0.939. The van der Waals surface area contributed by atoms with Crippen LogP contribution in [0, 0.1) is 5.82 Å². The molecule has 1 aromatic heterocycles. The van der Waals surface area contributed by atoms with Crippen LogP contribution >= 0.6 is 23.2 Å². The van der Waals surface area contributed by atoms with Gasteiger partial charge in [0.25, 0.3) is 0 Å². The molecule has 0 saturated carbocycles.